The molecule has 0 unspecified atom stereocenters. The molecule has 15 heteroatoms. The molecule has 3 aromatic carbocycles. The van der Waals surface area contributed by atoms with Gasteiger partial charge in [-0.1, -0.05) is 24.5 Å². The Morgan fingerprint density at radius 1 is 0.633 bits per heavy atom. The van der Waals surface area contributed by atoms with Gasteiger partial charge in [-0.15, -0.1) is 5.11 Å². The number of hydrogen-bond donors (Lipinski definition) is 0. The minimum atomic E-state index is -0.604. The Morgan fingerprint density at radius 3 is 1.72 bits per heavy atom. The molecule has 0 amide bonds. The predicted molar refractivity (Wildman–Crippen MR) is 225 cm³/mol. The zero-order chi connectivity index (χ0) is 42.4. The molecule has 0 spiro atoms. The van der Waals surface area contributed by atoms with Crippen molar-refractivity contribution < 1.29 is 47.6 Å². The zero-order valence-electron chi connectivity index (χ0n) is 33.1. The number of benzene rings is 3. The Morgan fingerprint density at radius 2 is 1.17 bits per heavy atom. The minimum Gasteiger partial charge on any atom is -0.494 e. The third kappa shape index (κ3) is 14.9. The number of azo groups is 1. The number of fused-ring (bicyclic) bond motifs is 1. The number of carbonyl (C=O) groups is 4. The minimum absolute atomic E-state index is 0.0150. The first-order chi connectivity index (χ1) is 29.3. The predicted octanol–water partition coefficient (Wildman–Crippen LogP) is 9.75. The summed E-state index contributed by atoms with van der Waals surface area (Å²) in [7, 11) is 0. The number of pyridine rings is 1. The Balaban J connectivity index is 1.15. The summed E-state index contributed by atoms with van der Waals surface area (Å²) in [5.41, 5.74) is 1.76. The van der Waals surface area contributed by atoms with Crippen LogP contribution in [0, 0.1) is 0 Å². The molecule has 2 heterocycles. The lowest BCUT2D eigenvalue weighted by Crippen LogP contribution is -2.11. The third-order valence-electron chi connectivity index (χ3n) is 8.61. The molecule has 0 aliphatic rings. The van der Waals surface area contributed by atoms with Crippen LogP contribution in [0.2, 0.25) is 0 Å². The first kappa shape index (κ1) is 44.4. The first-order valence-corrected chi connectivity index (χ1v) is 20.3. The highest BCUT2D eigenvalue weighted by Gasteiger charge is 2.16. The van der Waals surface area contributed by atoms with Crippen molar-refractivity contribution in [3.8, 4) is 23.0 Å². The monoisotopic (exact) mass is 834 g/mol. The van der Waals surface area contributed by atoms with E-state index in [9.17, 15) is 19.2 Å². The van der Waals surface area contributed by atoms with Crippen molar-refractivity contribution in [1.29, 1.82) is 0 Å². The van der Waals surface area contributed by atoms with Gasteiger partial charge in [-0.3, -0.25) is 0 Å². The summed E-state index contributed by atoms with van der Waals surface area (Å²) in [6, 6.07) is 21.6. The van der Waals surface area contributed by atoms with Crippen molar-refractivity contribution >= 4 is 50.7 Å². The van der Waals surface area contributed by atoms with Gasteiger partial charge in [-0.2, -0.15) is 5.11 Å². The normalized spacial score (nSPS) is 10.9. The van der Waals surface area contributed by atoms with E-state index >= 15 is 0 Å². The van der Waals surface area contributed by atoms with E-state index in [2.05, 4.69) is 33.4 Å². The van der Waals surface area contributed by atoms with Gasteiger partial charge in [0.25, 0.3) is 0 Å². The van der Waals surface area contributed by atoms with Gasteiger partial charge in [0.15, 0.2) is 0 Å². The molecule has 0 saturated carbocycles. The van der Waals surface area contributed by atoms with E-state index in [4.69, 9.17) is 28.4 Å². The van der Waals surface area contributed by atoms with E-state index in [1.54, 1.807) is 72.9 Å². The van der Waals surface area contributed by atoms with Gasteiger partial charge in [0.05, 0.1) is 44.1 Å². The van der Waals surface area contributed by atoms with Crippen LogP contribution in [0.3, 0.4) is 0 Å². The molecule has 5 rings (SSSR count). The molecule has 0 aliphatic carbocycles. The van der Waals surface area contributed by atoms with Gasteiger partial charge in [-0.05, 0) is 130 Å². The van der Waals surface area contributed by atoms with Crippen molar-refractivity contribution in [3.63, 3.8) is 0 Å². The molecule has 0 N–H and O–H groups in total. The first-order valence-electron chi connectivity index (χ1n) is 19.5. The average Bonchev–Trinajstić information content (AvgIpc) is 3.69. The number of thiazole rings is 1. The highest BCUT2D eigenvalue weighted by molar-refractivity contribution is 7.21. The quantitative estimate of drug-likeness (QED) is 0.0179. The number of hydrogen-bond acceptors (Lipinski definition) is 15. The standard InChI is InChI=1S/C45H46N4O10S/c1-3-40(50)56-28-11-7-5-9-26-54-35-19-15-32(16-20-35)43(52)58-37-23-24-39(34(30-37)31-47-49-45-48-38-14-13-25-46-42(38)60-45)59-44(53)33-17-21-36(22-18-33)55-27-10-6-8-12-29-57-41(51)4-2/h3-4,13-25,30H,1-2,5-12,26-29,31H2. The smallest absolute Gasteiger partial charge is 0.343 e. The summed E-state index contributed by atoms with van der Waals surface area (Å²) < 4.78 is 33.1. The molecule has 14 nitrogen and oxygen atoms in total. The number of nitrogens with zero attached hydrogens (tertiary/aromatic N) is 4. The third-order valence-corrected chi connectivity index (χ3v) is 9.48. The molecule has 0 radical (unpaired) electrons. The molecule has 60 heavy (non-hydrogen) atoms. The number of unbranched alkanes of at least 4 members (excludes halogenated alkanes) is 6. The molecular formula is C45H46N4O10S. The SMILES string of the molecule is C=CC(=O)OCCCCCCOc1ccc(C(=O)Oc2ccc(OC(=O)c3ccc(OCCCCCCOC(=O)C=C)cc3)c(CN=Nc3nc4cccnc4s3)c2)cc1. The van der Waals surface area contributed by atoms with E-state index in [0.717, 1.165) is 68.3 Å². The van der Waals surface area contributed by atoms with Gasteiger partial charge in [0.1, 0.15) is 33.3 Å². The van der Waals surface area contributed by atoms with Crippen LogP contribution < -0.4 is 18.9 Å². The molecule has 0 bridgehead atoms. The summed E-state index contributed by atoms with van der Waals surface area (Å²) in [5, 5.41) is 8.99. The fraction of sp³-hybridized carbons (Fsp3) is 0.289. The van der Waals surface area contributed by atoms with Crippen LogP contribution in [0.15, 0.2) is 121 Å². The molecule has 5 aromatic rings. The van der Waals surface area contributed by atoms with Crippen molar-refractivity contribution in [2.24, 2.45) is 10.2 Å². The maximum atomic E-state index is 13.3. The topological polar surface area (TPSA) is 174 Å². The Bertz CT molecular complexity index is 2210. The number of ether oxygens (including phenoxy) is 6. The second-order valence-corrected chi connectivity index (χ2v) is 14.0. The number of aromatic nitrogens is 2. The Labute approximate surface area is 351 Å². The van der Waals surface area contributed by atoms with Crippen LogP contribution >= 0.6 is 11.3 Å². The second-order valence-electron chi connectivity index (χ2n) is 13.1. The summed E-state index contributed by atoms with van der Waals surface area (Å²) in [5.74, 6) is -0.379. The van der Waals surface area contributed by atoms with Crippen molar-refractivity contribution in [2.45, 2.75) is 57.9 Å². The van der Waals surface area contributed by atoms with Crippen LogP contribution in [0.25, 0.3) is 10.3 Å². The second kappa shape index (κ2) is 24.2. The molecule has 0 saturated heterocycles. The van der Waals surface area contributed by atoms with Crippen LogP contribution in [0.5, 0.6) is 23.0 Å². The van der Waals surface area contributed by atoms with E-state index in [-0.39, 0.29) is 18.0 Å². The zero-order valence-corrected chi connectivity index (χ0v) is 33.9. The summed E-state index contributed by atoms with van der Waals surface area (Å²) in [6.07, 6.45) is 10.8. The summed E-state index contributed by atoms with van der Waals surface area (Å²) in [6.45, 7) is 8.47. The largest absolute Gasteiger partial charge is 0.494 e. The van der Waals surface area contributed by atoms with Crippen LogP contribution in [0.1, 0.15) is 77.6 Å². The highest BCUT2D eigenvalue weighted by Crippen LogP contribution is 2.30. The lowest BCUT2D eigenvalue weighted by molar-refractivity contribution is -0.138. The van der Waals surface area contributed by atoms with E-state index in [1.165, 1.54) is 17.4 Å². The summed E-state index contributed by atoms with van der Waals surface area (Å²) in [4.78, 5) is 58.1. The van der Waals surface area contributed by atoms with E-state index in [1.807, 2.05) is 6.07 Å². The number of esters is 4. The molecule has 0 aliphatic heterocycles. The fourth-order valence-corrected chi connectivity index (χ4v) is 6.22. The van der Waals surface area contributed by atoms with Gasteiger partial charge in [0.2, 0.25) is 5.13 Å². The van der Waals surface area contributed by atoms with E-state index < -0.39 is 23.9 Å². The maximum Gasteiger partial charge on any atom is 0.343 e. The lowest BCUT2D eigenvalue weighted by Gasteiger charge is -2.12. The Kier molecular flexibility index (Phi) is 17.9. The molecular weight excluding hydrogens is 789 g/mol. The molecule has 2 aromatic heterocycles. The molecule has 0 atom stereocenters. The van der Waals surface area contributed by atoms with Gasteiger partial charge < -0.3 is 28.4 Å². The number of rotatable bonds is 25. The average molecular weight is 835 g/mol. The van der Waals surface area contributed by atoms with Crippen LogP contribution in [0.4, 0.5) is 5.13 Å². The van der Waals surface area contributed by atoms with Gasteiger partial charge in [-0.25, -0.2) is 29.1 Å². The number of carbonyl (C=O) groups excluding carboxylic acids is 4. The van der Waals surface area contributed by atoms with E-state index in [0.29, 0.717) is 65.3 Å². The van der Waals surface area contributed by atoms with Gasteiger partial charge >= 0.3 is 23.9 Å². The Hall–Kier alpha value is -6.74. The van der Waals surface area contributed by atoms with Crippen LogP contribution in [-0.4, -0.2) is 60.3 Å². The lowest BCUT2D eigenvalue weighted by atomic mass is 10.1. The van der Waals surface area contributed by atoms with Gasteiger partial charge in [0, 0.05) is 23.9 Å². The maximum absolute atomic E-state index is 13.3. The fourth-order valence-electron chi connectivity index (χ4n) is 5.47. The van der Waals surface area contributed by atoms with Crippen molar-refractivity contribution in [3.05, 3.63) is 127 Å². The molecule has 312 valence electrons. The molecule has 0 fully saturated rings. The van der Waals surface area contributed by atoms with Crippen molar-refractivity contribution in [2.75, 3.05) is 26.4 Å². The summed E-state index contributed by atoms with van der Waals surface area (Å²) >= 11 is 1.29. The van der Waals surface area contributed by atoms with Crippen LogP contribution in [-0.2, 0) is 25.6 Å². The van der Waals surface area contributed by atoms with Crippen molar-refractivity contribution in [1.82, 2.24) is 9.97 Å². The highest BCUT2D eigenvalue weighted by atomic mass is 32.1.